The van der Waals surface area contributed by atoms with Gasteiger partial charge in [-0.3, -0.25) is 4.79 Å². The summed E-state index contributed by atoms with van der Waals surface area (Å²) in [6.45, 7) is 5.46. The molecule has 0 radical (unpaired) electrons. The molecule has 0 bridgehead atoms. The van der Waals surface area contributed by atoms with Crippen molar-refractivity contribution in [2.24, 2.45) is 0 Å². The van der Waals surface area contributed by atoms with Crippen LogP contribution in [0.1, 0.15) is 15.9 Å². The van der Waals surface area contributed by atoms with Gasteiger partial charge in [0, 0.05) is 49.5 Å². The molecule has 220 valence electrons. The van der Waals surface area contributed by atoms with Crippen LogP contribution in [0.5, 0.6) is 11.5 Å². The molecule has 1 saturated heterocycles. The number of carbonyl (C=O) groups excluding carboxylic acids is 1. The molecule has 1 fully saturated rings. The van der Waals surface area contributed by atoms with Crippen LogP contribution < -0.4 is 10.1 Å². The van der Waals surface area contributed by atoms with E-state index in [2.05, 4.69) is 44.3 Å². The van der Waals surface area contributed by atoms with Crippen LogP contribution in [0.3, 0.4) is 0 Å². The minimum Gasteiger partial charge on any atom is -0.507 e. The number of phenolic OH excluding ortho intramolecular Hbond substituents is 1. The molecule has 3 N–H and O–H groups in total. The number of aromatic nitrogens is 2. The van der Waals surface area contributed by atoms with Crippen LogP contribution in [0.2, 0.25) is 0 Å². The number of aromatic amines is 1. The predicted octanol–water partition coefficient (Wildman–Crippen LogP) is 5.79. The number of ether oxygens (including phenoxy) is 1. The summed E-state index contributed by atoms with van der Waals surface area (Å²) in [6.07, 6.45) is 0.977. The second-order valence-corrected chi connectivity index (χ2v) is 10.9. The molecule has 1 aliphatic heterocycles. The third-order valence-electron chi connectivity index (χ3n) is 7.99. The first-order valence-electron chi connectivity index (χ1n) is 14.3. The lowest BCUT2D eigenvalue weighted by Crippen LogP contribution is -2.45. The normalized spacial score (nSPS) is 14.2. The van der Waals surface area contributed by atoms with Gasteiger partial charge in [0.05, 0.1) is 23.7 Å². The van der Waals surface area contributed by atoms with Gasteiger partial charge < -0.3 is 29.9 Å². The topological polar surface area (TPSA) is 93.7 Å². The van der Waals surface area contributed by atoms with Gasteiger partial charge in [0.2, 0.25) is 0 Å². The van der Waals surface area contributed by atoms with Crippen molar-refractivity contribution in [2.75, 3.05) is 52.2 Å². The van der Waals surface area contributed by atoms with E-state index in [0.717, 1.165) is 44.8 Å². The molecule has 0 saturated carbocycles. The number of fused-ring (bicyclic) bond motifs is 1. The molecule has 8 nitrogen and oxygen atoms in total. The fourth-order valence-electron chi connectivity index (χ4n) is 5.39. The van der Waals surface area contributed by atoms with Crippen LogP contribution in [0.4, 0.5) is 10.1 Å². The minimum absolute atomic E-state index is 0.0168. The number of nitrogens with zero attached hydrogens (tertiary/aromatic N) is 3. The zero-order chi connectivity index (χ0) is 29.9. The summed E-state index contributed by atoms with van der Waals surface area (Å²) >= 11 is 0. The van der Waals surface area contributed by atoms with Gasteiger partial charge in [-0.2, -0.15) is 0 Å². The lowest BCUT2D eigenvalue weighted by molar-refractivity contribution is 0.102. The van der Waals surface area contributed by atoms with Crippen LogP contribution >= 0.6 is 0 Å². The summed E-state index contributed by atoms with van der Waals surface area (Å²) in [5.74, 6) is 0.333. The number of amides is 1. The number of likely N-dealkylation sites (N-methyl/N-ethyl adjacent to an activating group) is 1. The van der Waals surface area contributed by atoms with Crippen LogP contribution in [0.15, 0.2) is 78.9 Å². The highest BCUT2D eigenvalue weighted by Crippen LogP contribution is 2.37. The highest BCUT2D eigenvalue weighted by Gasteiger charge is 2.16. The second-order valence-electron chi connectivity index (χ2n) is 10.9. The van der Waals surface area contributed by atoms with E-state index in [1.54, 1.807) is 42.5 Å². The summed E-state index contributed by atoms with van der Waals surface area (Å²) in [5.41, 5.74) is 5.40. The maximum atomic E-state index is 14.0. The van der Waals surface area contributed by atoms with Gasteiger partial charge in [-0.25, -0.2) is 9.37 Å². The molecular formula is C34H34FN5O3. The molecule has 4 aromatic carbocycles. The van der Waals surface area contributed by atoms with E-state index in [9.17, 15) is 14.3 Å². The van der Waals surface area contributed by atoms with Crippen molar-refractivity contribution in [3.8, 4) is 34.0 Å². The van der Waals surface area contributed by atoms with E-state index in [1.165, 1.54) is 24.8 Å². The number of hydrogen-bond donors (Lipinski definition) is 3. The van der Waals surface area contributed by atoms with Crippen LogP contribution in [0.25, 0.3) is 33.5 Å². The third-order valence-corrected chi connectivity index (χ3v) is 7.99. The van der Waals surface area contributed by atoms with E-state index in [0.29, 0.717) is 44.9 Å². The van der Waals surface area contributed by atoms with Gasteiger partial charge in [-0.05, 0) is 85.3 Å². The zero-order valence-electron chi connectivity index (χ0n) is 24.2. The minimum atomic E-state index is -0.392. The SMILES string of the molecule is COc1ccc(F)cc1-c1ccc(O)c(-c2nc3ccc(C(=O)Nc4ccc(CCN5CCN(C)CC5)cc4)cc3[nH]2)c1. The van der Waals surface area contributed by atoms with Crippen molar-refractivity contribution in [1.29, 1.82) is 0 Å². The van der Waals surface area contributed by atoms with E-state index in [4.69, 9.17) is 4.74 Å². The van der Waals surface area contributed by atoms with Crippen LogP contribution in [0, 0.1) is 5.82 Å². The number of anilines is 1. The number of piperazine rings is 1. The average Bonchev–Trinajstić information content (AvgIpc) is 3.45. The number of methoxy groups -OCH3 is 1. The smallest absolute Gasteiger partial charge is 0.255 e. The number of aromatic hydroxyl groups is 1. The Bertz CT molecular complexity index is 1760. The van der Waals surface area contributed by atoms with Gasteiger partial charge in [-0.1, -0.05) is 18.2 Å². The van der Waals surface area contributed by atoms with Crippen molar-refractivity contribution in [3.63, 3.8) is 0 Å². The second kappa shape index (κ2) is 12.2. The lowest BCUT2D eigenvalue weighted by atomic mass is 10.0. The third kappa shape index (κ3) is 6.38. The first kappa shape index (κ1) is 28.4. The van der Waals surface area contributed by atoms with Gasteiger partial charge in [0.25, 0.3) is 5.91 Å². The standard InChI is InChI=1S/C34H34FN5O3/c1-39-15-17-40(18-16-39)14-13-22-3-8-26(9-4-22)36-34(42)24-5-10-29-30(20-24)38-33(37-29)28-19-23(6-11-31(28)41)27-21-25(35)7-12-32(27)43-2/h3-12,19-21,41H,13-18H2,1-2H3,(H,36,42)(H,37,38). The van der Waals surface area contributed by atoms with Gasteiger partial charge in [0.15, 0.2) is 0 Å². The molecule has 9 heteroatoms. The number of carbonyl (C=O) groups is 1. The Kier molecular flexibility index (Phi) is 8.09. The molecule has 2 heterocycles. The van der Waals surface area contributed by atoms with Gasteiger partial charge >= 0.3 is 0 Å². The number of H-pyrrole nitrogens is 1. The monoisotopic (exact) mass is 579 g/mol. The van der Waals surface area contributed by atoms with Gasteiger partial charge in [-0.15, -0.1) is 0 Å². The Hall–Kier alpha value is -4.73. The largest absolute Gasteiger partial charge is 0.507 e. The maximum Gasteiger partial charge on any atom is 0.255 e. The Morgan fingerprint density at radius 2 is 1.77 bits per heavy atom. The summed E-state index contributed by atoms with van der Waals surface area (Å²) in [7, 11) is 3.69. The highest BCUT2D eigenvalue weighted by atomic mass is 19.1. The number of rotatable bonds is 8. The number of halogens is 1. The fraction of sp³-hybridized carbons (Fsp3) is 0.235. The molecule has 0 aliphatic carbocycles. The fourth-order valence-corrected chi connectivity index (χ4v) is 5.39. The quantitative estimate of drug-likeness (QED) is 0.215. The van der Waals surface area contributed by atoms with Crippen LogP contribution in [-0.4, -0.2) is 77.7 Å². The van der Waals surface area contributed by atoms with Crippen LogP contribution in [-0.2, 0) is 6.42 Å². The molecule has 1 aromatic heterocycles. The molecule has 1 aliphatic rings. The van der Waals surface area contributed by atoms with E-state index < -0.39 is 5.82 Å². The Morgan fingerprint density at radius 1 is 0.977 bits per heavy atom. The maximum absolute atomic E-state index is 14.0. The summed E-state index contributed by atoms with van der Waals surface area (Å²) < 4.78 is 19.4. The number of nitrogens with one attached hydrogen (secondary N) is 2. The molecular weight excluding hydrogens is 545 g/mol. The molecule has 5 aromatic rings. The van der Waals surface area contributed by atoms with E-state index in [1.807, 2.05) is 12.1 Å². The number of benzene rings is 4. The number of imidazole rings is 1. The molecule has 1 amide bonds. The first-order valence-corrected chi connectivity index (χ1v) is 14.3. The summed E-state index contributed by atoms with van der Waals surface area (Å²) in [6, 6.07) is 22.5. The average molecular weight is 580 g/mol. The molecule has 6 rings (SSSR count). The van der Waals surface area contributed by atoms with Crippen molar-refractivity contribution < 1.29 is 19.0 Å². The van der Waals surface area contributed by atoms with E-state index in [-0.39, 0.29) is 11.7 Å². The molecule has 0 atom stereocenters. The summed E-state index contributed by atoms with van der Waals surface area (Å²) in [4.78, 5) is 25.8. The first-order chi connectivity index (χ1) is 20.9. The zero-order valence-corrected chi connectivity index (χ0v) is 24.2. The highest BCUT2D eigenvalue weighted by molar-refractivity contribution is 6.06. The lowest BCUT2D eigenvalue weighted by Gasteiger charge is -2.32. The Labute approximate surface area is 249 Å². The Balaban J connectivity index is 1.16. The molecule has 0 spiro atoms. The Morgan fingerprint density at radius 3 is 2.53 bits per heavy atom. The molecule has 0 unspecified atom stereocenters. The van der Waals surface area contributed by atoms with Crippen molar-refractivity contribution in [1.82, 2.24) is 19.8 Å². The van der Waals surface area contributed by atoms with Crippen molar-refractivity contribution in [3.05, 3.63) is 95.8 Å². The van der Waals surface area contributed by atoms with E-state index >= 15 is 0 Å². The summed E-state index contributed by atoms with van der Waals surface area (Å²) in [5, 5.41) is 13.6. The predicted molar refractivity (Wildman–Crippen MR) is 167 cm³/mol. The van der Waals surface area contributed by atoms with Crippen molar-refractivity contribution in [2.45, 2.75) is 6.42 Å². The van der Waals surface area contributed by atoms with Gasteiger partial charge in [0.1, 0.15) is 23.1 Å². The molecule has 43 heavy (non-hydrogen) atoms. The number of hydrogen-bond acceptors (Lipinski definition) is 6. The van der Waals surface area contributed by atoms with Crippen molar-refractivity contribution >= 4 is 22.6 Å². The number of phenols is 1.